The monoisotopic (exact) mass is 415 g/mol. The van der Waals surface area contributed by atoms with E-state index in [1.807, 2.05) is 43.3 Å². The van der Waals surface area contributed by atoms with E-state index in [2.05, 4.69) is 35.4 Å². The number of ether oxygens (including phenoxy) is 1. The first kappa shape index (κ1) is 19.1. The maximum atomic E-state index is 6.06. The average molecular weight is 415 g/mol. The molecule has 1 N–H and O–H groups in total. The molecule has 0 radical (unpaired) electrons. The molecule has 0 bridgehead atoms. The molecule has 9 nitrogen and oxygen atoms in total. The minimum absolute atomic E-state index is 0.351. The van der Waals surface area contributed by atoms with E-state index in [1.54, 1.807) is 18.6 Å². The summed E-state index contributed by atoms with van der Waals surface area (Å²) in [6.45, 7) is 4.72. The number of morpholine rings is 1. The van der Waals surface area contributed by atoms with Crippen LogP contribution in [0.4, 0.5) is 11.8 Å². The van der Waals surface area contributed by atoms with Crippen LogP contribution in [0.25, 0.3) is 22.7 Å². The maximum Gasteiger partial charge on any atom is 0.247 e. The molecular weight excluding hydrogens is 394 g/mol. The molecule has 1 aliphatic heterocycles. The zero-order valence-electron chi connectivity index (χ0n) is 17.0. The van der Waals surface area contributed by atoms with Crippen molar-refractivity contribution >= 4 is 29.2 Å². The minimum atomic E-state index is 0.351. The van der Waals surface area contributed by atoms with Crippen LogP contribution in [0.2, 0.25) is 0 Å². The first-order valence-electron chi connectivity index (χ1n) is 10.0. The molecule has 0 atom stereocenters. The van der Waals surface area contributed by atoms with Gasteiger partial charge in [0.05, 0.1) is 25.0 Å². The van der Waals surface area contributed by atoms with Crippen molar-refractivity contribution in [3.05, 3.63) is 59.9 Å². The molecule has 31 heavy (non-hydrogen) atoms. The smallest absolute Gasteiger partial charge is 0.247 e. The van der Waals surface area contributed by atoms with Gasteiger partial charge in [-0.25, -0.2) is 5.43 Å². The molecule has 1 aromatic carbocycles. The van der Waals surface area contributed by atoms with E-state index in [1.165, 1.54) is 5.56 Å². The highest BCUT2D eigenvalue weighted by molar-refractivity contribution is 5.85. The Bertz CT molecular complexity index is 1220. The molecule has 9 heteroatoms. The first-order chi connectivity index (χ1) is 15.3. The van der Waals surface area contributed by atoms with E-state index < -0.39 is 0 Å². The molecule has 1 saturated heterocycles. The Kier molecular flexibility index (Phi) is 5.24. The van der Waals surface area contributed by atoms with Crippen LogP contribution in [0.15, 0.2) is 58.3 Å². The molecule has 5 rings (SSSR count). The summed E-state index contributed by atoms with van der Waals surface area (Å²) in [6, 6.07) is 11.8. The predicted molar refractivity (Wildman–Crippen MR) is 118 cm³/mol. The quantitative estimate of drug-likeness (QED) is 0.391. The number of hydrogen-bond donors (Lipinski definition) is 1. The Morgan fingerprint density at radius 3 is 2.81 bits per heavy atom. The van der Waals surface area contributed by atoms with Crippen LogP contribution in [-0.4, -0.2) is 52.5 Å². The molecule has 1 fully saturated rings. The predicted octanol–water partition coefficient (Wildman–Crippen LogP) is 3.27. The highest BCUT2D eigenvalue weighted by atomic mass is 16.5. The molecule has 3 aromatic heterocycles. The average Bonchev–Trinajstić information content (AvgIpc) is 3.24. The number of nitrogens with zero attached hydrogens (tertiary/aromatic N) is 6. The van der Waals surface area contributed by atoms with E-state index >= 15 is 0 Å². The molecule has 0 saturated carbocycles. The second-order valence-electron chi connectivity index (χ2n) is 7.17. The van der Waals surface area contributed by atoms with Crippen molar-refractivity contribution in [2.45, 2.75) is 6.92 Å². The van der Waals surface area contributed by atoms with Crippen molar-refractivity contribution in [1.82, 2.24) is 19.9 Å². The maximum absolute atomic E-state index is 6.06. The number of aromatic nitrogens is 4. The third kappa shape index (κ3) is 4.22. The van der Waals surface area contributed by atoms with Gasteiger partial charge >= 0.3 is 0 Å². The van der Waals surface area contributed by atoms with Gasteiger partial charge in [-0.15, -0.1) is 0 Å². The third-order valence-electron chi connectivity index (χ3n) is 4.88. The van der Waals surface area contributed by atoms with Crippen molar-refractivity contribution < 1.29 is 9.15 Å². The van der Waals surface area contributed by atoms with Crippen molar-refractivity contribution in [3.8, 4) is 11.5 Å². The number of oxazole rings is 1. The minimum Gasteiger partial charge on any atom is -0.430 e. The van der Waals surface area contributed by atoms with Gasteiger partial charge in [0.2, 0.25) is 23.1 Å². The topological polar surface area (TPSA) is 102 Å². The second-order valence-corrected chi connectivity index (χ2v) is 7.17. The lowest BCUT2D eigenvalue weighted by atomic mass is 10.2. The van der Waals surface area contributed by atoms with Gasteiger partial charge in [0.15, 0.2) is 5.82 Å². The summed E-state index contributed by atoms with van der Waals surface area (Å²) in [7, 11) is 0. The van der Waals surface area contributed by atoms with Gasteiger partial charge in [-0.3, -0.25) is 4.98 Å². The number of pyridine rings is 1. The Labute approximate surface area is 178 Å². The highest BCUT2D eigenvalue weighted by Gasteiger charge is 2.22. The molecule has 0 spiro atoms. The molecular formula is C22H21N7O2. The Morgan fingerprint density at radius 1 is 1.10 bits per heavy atom. The standard InChI is InChI=1S/C22H21N7O2/c1-15-4-2-5-16(12-15)13-24-28-22-26-19-18(20(27-22)29-8-10-30-11-9-29)31-21(25-19)17-6-3-7-23-14-17/h2-7,12-14H,8-11H2,1H3,(H,26,27,28)/b24-13+. The summed E-state index contributed by atoms with van der Waals surface area (Å²) in [5.74, 6) is 1.47. The molecule has 0 amide bonds. The fourth-order valence-electron chi connectivity index (χ4n) is 3.38. The van der Waals surface area contributed by atoms with Crippen LogP contribution in [-0.2, 0) is 4.74 Å². The van der Waals surface area contributed by atoms with Crippen molar-refractivity contribution in [2.24, 2.45) is 5.10 Å². The van der Waals surface area contributed by atoms with Crippen molar-refractivity contribution in [3.63, 3.8) is 0 Å². The Morgan fingerprint density at radius 2 is 2.00 bits per heavy atom. The number of rotatable bonds is 5. The summed E-state index contributed by atoms with van der Waals surface area (Å²) >= 11 is 0. The lowest BCUT2D eigenvalue weighted by Crippen LogP contribution is -2.37. The van der Waals surface area contributed by atoms with Crippen LogP contribution < -0.4 is 10.3 Å². The first-order valence-corrected chi connectivity index (χ1v) is 10.0. The molecule has 1 aliphatic rings. The Hall–Kier alpha value is -3.85. The van der Waals surface area contributed by atoms with Gasteiger partial charge in [-0.1, -0.05) is 29.8 Å². The molecule has 156 valence electrons. The largest absolute Gasteiger partial charge is 0.430 e. The number of hydrogen-bond acceptors (Lipinski definition) is 9. The summed E-state index contributed by atoms with van der Waals surface area (Å²) in [4.78, 5) is 20.0. The molecule has 0 aliphatic carbocycles. The van der Waals surface area contributed by atoms with Crippen LogP contribution in [0.1, 0.15) is 11.1 Å². The highest BCUT2D eigenvalue weighted by Crippen LogP contribution is 2.30. The molecule has 0 unspecified atom stereocenters. The lowest BCUT2D eigenvalue weighted by molar-refractivity contribution is 0.122. The number of anilines is 2. The van der Waals surface area contributed by atoms with E-state index in [4.69, 9.17) is 9.15 Å². The summed E-state index contributed by atoms with van der Waals surface area (Å²) < 4.78 is 11.5. The second kappa shape index (κ2) is 8.49. The lowest BCUT2D eigenvalue weighted by Gasteiger charge is -2.27. The number of hydrazone groups is 1. The molecule has 4 aromatic rings. The van der Waals surface area contributed by atoms with Crippen LogP contribution >= 0.6 is 0 Å². The third-order valence-corrected chi connectivity index (χ3v) is 4.88. The number of fused-ring (bicyclic) bond motifs is 1. The molecule has 4 heterocycles. The van der Waals surface area contributed by atoms with Crippen LogP contribution in [0.5, 0.6) is 0 Å². The Balaban J connectivity index is 1.50. The number of aryl methyl sites for hydroxylation is 1. The zero-order valence-corrected chi connectivity index (χ0v) is 17.0. The van der Waals surface area contributed by atoms with Crippen molar-refractivity contribution in [1.29, 1.82) is 0 Å². The fourth-order valence-corrected chi connectivity index (χ4v) is 3.38. The number of nitrogens with one attached hydrogen (secondary N) is 1. The number of benzene rings is 1. The van der Waals surface area contributed by atoms with Gasteiger partial charge in [0.25, 0.3) is 0 Å². The van der Waals surface area contributed by atoms with Gasteiger partial charge < -0.3 is 14.1 Å². The van der Waals surface area contributed by atoms with E-state index in [9.17, 15) is 0 Å². The fraction of sp³-hybridized carbons (Fsp3) is 0.227. The van der Waals surface area contributed by atoms with Gasteiger partial charge in [0, 0.05) is 25.5 Å². The SMILES string of the molecule is Cc1cccc(/C=N/Nc2nc(N3CCOCC3)c3oc(-c4cccnc4)nc3n2)c1. The normalized spacial score (nSPS) is 14.4. The van der Waals surface area contributed by atoms with Gasteiger partial charge in [0.1, 0.15) is 0 Å². The van der Waals surface area contributed by atoms with E-state index in [0.717, 1.165) is 11.1 Å². The van der Waals surface area contributed by atoms with E-state index in [-0.39, 0.29) is 0 Å². The summed E-state index contributed by atoms with van der Waals surface area (Å²) in [5.41, 5.74) is 6.86. The summed E-state index contributed by atoms with van der Waals surface area (Å²) in [6.07, 6.45) is 5.15. The van der Waals surface area contributed by atoms with E-state index in [0.29, 0.717) is 55.2 Å². The van der Waals surface area contributed by atoms with Gasteiger partial charge in [-0.05, 0) is 24.6 Å². The summed E-state index contributed by atoms with van der Waals surface area (Å²) in [5, 5.41) is 4.30. The zero-order chi connectivity index (χ0) is 21.0. The van der Waals surface area contributed by atoms with Crippen LogP contribution in [0, 0.1) is 6.92 Å². The van der Waals surface area contributed by atoms with Crippen molar-refractivity contribution in [2.75, 3.05) is 36.6 Å². The van der Waals surface area contributed by atoms with Crippen LogP contribution in [0.3, 0.4) is 0 Å². The van der Waals surface area contributed by atoms with Gasteiger partial charge in [-0.2, -0.15) is 20.1 Å².